The van der Waals surface area contributed by atoms with Gasteiger partial charge in [-0.1, -0.05) is 58.0 Å². The number of hydrogen-bond donors (Lipinski definition) is 3. The van der Waals surface area contributed by atoms with Crippen LogP contribution >= 0.6 is 0 Å². The molecule has 8 nitrogen and oxygen atoms in total. The standard InChI is InChI=1S/C35H47N5O3/c1-8-10-11-29-38-31-32(40(29)22-24-12-15-28(41)23(3)20-24)26-14-13-25(21-27(26)37-33(31)36)34(4,5)16-18-43-19-17-35(6,7)39-30(42)9-2/h9,12-15,20-21,41H,2,8,10-11,16-19,22H2,1,3-7H3,(H2,36,37)(H,39,42). The highest BCUT2D eigenvalue weighted by molar-refractivity contribution is 6.06. The molecule has 0 saturated heterocycles. The number of carbonyl (C=O) groups is 1. The van der Waals surface area contributed by atoms with Crippen molar-refractivity contribution in [1.29, 1.82) is 0 Å². The van der Waals surface area contributed by atoms with E-state index in [0.29, 0.717) is 37.7 Å². The number of nitrogen functional groups attached to an aromatic ring is 1. The molecule has 0 radical (unpaired) electrons. The maximum absolute atomic E-state index is 11.7. The van der Waals surface area contributed by atoms with Gasteiger partial charge >= 0.3 is 0 Å². The number of pyridine rings is 1. The van der Waals surface area contributed by atoms with Gasteiger partial charge in [0.1, 0.15) is 17.1 Å². The van der Waals surface area contributed by atoms with Crippen molar-refractivity contribution in [1.82, 2.24) is 19.9 Å². The molecule has 0 aliphatic carbocycles. The van der Waals surface area contributed by atoms with Crippen LogP contribution in [0.5, 0.6) is 5.75 Å². The number of rotatable bonds is 14. The van der Waals surface area contributed by atoms with E-state index < -0.39 is 0 Å². The largest absolute Gasteiger partial charge is 0.508 e. The maximum atomic E-state index is 11.7. The SMILES string of the molecule is C=CC(=O)NC(C)(C)CCOCCC(C)(C)c1ccc2c(c1)nc(N)c1nc(CCCC)n(Cc3ccc(O)c(C)c3)c12. The molecule has 0 spiro atoms. The zero-order chi connectivity index (χ0) is 31.4. The lowest BCUT2D eigenvalue weighted by molar-refractivity contribution is -0.118. The number of carbonyl (C=O) groups excluding carboxylic acids is 1. The average Bonchev–Trinajstić information content (AvgIpc) is 3.31. The number of phenolic OH excluding ortho intramolecular Hbond substituents is 1. The number of nitrogens with zero attached hydrogens (tertiary/aromatic N) is 3. The number of imidazole rings is 1. The van der Waals surface area contributed by atoms with Crippen LogP contribution in [0.1, 0.15) is 82.8 Å². The molecule has 0 bridgehead atoms. The van der Waals surface area contributed by atoms with Gasteiger partial charge in [-0.2, -0.15) is 0 Å². The van der Waals surface area contributed by atoms with Crippen LogP contribution in [-0.4, -0.2) is 44.3 Å². The number of anilines is 1. The molecule has 4 aromatic rings. The third-order valence-corrected chi connectivity index (χ3v) is 8.31. The molecule has 0 atom stereocenters. The summed E-state index contributed by atoms with van der Waals surface area (Å²) in [6.45, 7) is 17.8. The number of ether oxygens (including phenoxy) is 1. The van der Waals surface area contributed by atoms with Crippen molar-refractivity contribution in [2.45, 2.75) is 91.1 Å². The second-order valence-electron chi connectivity index (χ2n) is 12.8. The zero-order valence-corrected chi connectivity index (χ0v) is 26.6. The second-order valence-corrected chi connectivity index (χ2v) is 12.8. The molecule has 230 valence electrons. The summed E-state index contributed by atoms with van der Waals surface area (Å²) in [5.41, 5.74) is 11.7. The molecule has 2 heterocycles. The number of aromatic hydroxyl groups is 1. The Balaban J connectivity index is 1.59. The van der Waals surface area contributed by atoms with Gasteiger partial charge in [-0.25, -0.2) is 9.97 Å². The summed E-state index contributed by atoms with van der Waals surface area (Å²) in [7, 11) is 0. The molecule has 43 heavy (non-hydrogen) atoms. The highest BCUT2D eigenvalue weighted by Gasteiger charge is 2.24. The first kappa shape index (κ1) is 32.0. The fourth-order valence-electron chi connectivity index (χ4n) is 5.42. The molecule has 0 aliphatic heterocycles. The first-order valence-electron chi connectivity index (χ1n) is 15.2. The van der Waals surface area contributed by atoms with Crippen LogP contribution in [0, 0.1) is 6.92 Å². The third-order valence-electron chi connectivity index (χ3n) is 8.31. The Morgan fingerprint density at radius 3 is 2.56 bits per heavy atom. The number of aryl methyl sites for hydroxylation is 2. The van der Waals surface area contributed by atoms with Crippen LogP contribution in [0.25, 0.3) is 21.9 Å². The molecule has 0 saturated carbocycles. The molecule has 0 fully saturated rings. The van der Waals surface area contributed by atoms with Gasteiger partial charge in [0.2, 0.25) is 5.91 Å². The number of amides is 1. The van der Waals surface area contributed by atoms with Crippen LogP contribution in [-0.2, 0) is 27.9 Å². The minimum absolute atomic E-state index is 0.151. The number of hydrogen-bond acceptors (Lipinski definition) is 6. The van der Waals surface area contributed by atoms with E-state index in [1.165, 1.54) is 11.6 Å². The highest BCUT2D eigenvalue weighted by Crippen LogP contribution is 2.34. The summed E-state index contributed by atoms with van der Waals surface area (Å²) in [5.74, 6) is 1.55. The molecule has 1 amide bonds. The monoisotopic (exact) mass is 585 g/mol. The normalized spacial score (nSPS) is 12.2. The summed E-state index contributed by atoms with van der Waals surface area (Å²) in [4.78, 5) is 21.5. The van der Waals surface area contributed by atoms with Gasteiger partial charge in [0, 0.05) is 37.1 Å². The average molecular weight is 586 g/mol. The quantitative estimate of drug-likeness (QED) is 0.112. The highest BCUT2D eigenvalue weighted by atomic mass is 16.5. The molecule has 4 rings (SSSR count). The van der Waals surface area contributed by atoms with Crippen molar-refractivity contribution < 1.29 is 14.6 Å². The zero-order valence-electron chi connectivity index (χ0n) is 26.6. The Kier molecular flexibility index (Phi) is 9.80. The van der Waals surface area contributed by atoms with Crippen molar-refractivity contribution >= 4 is 33.7 Å². The lowest BCUT2D eigenvalue weighted by Gasteiger charge is -2.27. The van der Waals surface area contributed by atoms with E-state index in [9.17, 15) is 9.90 Å². The van der Waals surface area contributed by atoms with Crippen molar-refractivity contribution in [2.75, 3.05) is 18.9 Å². The Labute approximate surface area is 255 Å². The number of unbranched alkanes of at least 4 members (excludes halogenated alkanes) is 1. The third kappa shape index (κ3) is 7.54. The van der Waals surface area contributed by atoms with Gasteiger partial charge in [0.25, 0.3) is 0 Å². The number of nitrogens with two attached hydrogens (primary N) is 1. The Hall–Kier alpha value is -3.91. The van der Waals surface area contributed by atoms with Crippen molar-refractivity contribution in [3.8, 4) is 5.75 Å². The predicted molar refractivity (Wildman–Crippen MR) is 176 cm³/mol. The Bertz CT molecular complexity index is 1620. The smallest absolute Gasteiger partial charge is 0.243 e. The number of nitrogens with one attached hydrogen (secondary N) is 1. The van der Waals surface area contributed by atoms with Crippen molar-refractivity contribution in [2.24, 2.45) is 0 Å². The number of phenols is 1. The Morgan fingerprint density at radius 2 is 1.86 bits per heavy atom. The summed E-state index contributed by atoms with van der Waals surface area (Å²) in [6.07, 6.45) is 5.78. The molecular formula is C35H47N5O3. The first-order valence-corrected chi connectivity index (χ1v) is 15.2. The summed E-state index contributed by atoms with van der Waals surface area (Å²) in [6, 6.07) is 12.2. The van der Waals surface area contributed by atoms with E-state index in [1.54, 1.807) is 6.07 Å². The number of benzene rings is 2. The lowest BCUT2D eigenvalue weighted by atomic mass is 9.81. The summed E-state index contributed by atoms with van der Waals surface area (Å²) < 4.78 is 8.26. The minimum atomic E-state index is -0.361. The van der Waals surface area contributed by atoms with Crippen molar-refractivity contribution in [3.05, 3.63) is 71.6 Å². The van der Waals surface area contributed by atoms with E-state index in [4.69, 9.17) is 20.4 Å². The molecular weight excluding hydrogens is 538 g/mol. The van der Waals surface area contributed by atoms with Crippen LogP contribution in [0.3, 0.4) is 0 Å². The van der Waals surface area contributed by atoms with E-state index >= 15 is 0 Å². The van der Waals surface area contributed by atoms with Gasteiger partial charge in [-0.15, -0.1) is 0 Å². The molecule has 0 unspecified atom stereocenters. The van der Waals surface area contributed by atoms with E-state index in [2.05, 4.69) is 55.4 Å². The molecule has 8 heteroatoms. The van der Waals surface area contributed by atoms with Crippen LogP contribution < -0.4 is 11.1 Å². The van der Waals surface area contributed by atoms with Gasteiger partial charge in [-0.3, -0.25) is 4.79 Å². The summed E-state index contributed by atoms with van der Waals surface area (Å²) >= 11 is 0. The van der Waals surface area contributed by atoms with Gasteiger partial charge in [-0.05, 0) is 80.3 Å². The fraction of sp³-hybridized carbons (Fsp3) is 0.457. The van der Waals surface area contributed by atoms with Gasteiger partial charge < -0.3 is 25.5 Å². The molecule has 2 aromatic carbocycles. The lowest BCUT2D eigenvalue weighted by Crippen LogP contribution is -2.43. The van der Waals surface area contributed by atoms with Crippen molar-refractivity contribution in [3.63, 3.8) is 0 Å². The van der Waals surface area contributed by atoms with Gasteiger partial charge in [0.05, 0.1) is 11.0 Å². The van der Waals surface area contributed by atoms with E-state index in [-0.39, 0.29) is 16.9 Å². The van der Waals surface area contributed by atoms with E-state index in [1.807, 2.05) is 32.9 Å². The molecule has 4 N–H and O–H groups in total. The minimum Gasteiger partial charge on any atom is -0.508 e. The molecule has 0 aliphatic rings. The fourth-order valence-corrected chi connectivity index (χ4v) is 5.42. The van der Waals surface area contributed by atoms with Crippen LogP contribution in [0.15, 0.2) is 49.1 Å². The van der Waals surface area contributed by atoms with E-state index in [0.717, 1.165) is 64.6 Å². The maximum Gasteiger partial charge on any atom is 0.243 e. The number of aromatic nitrogens is 3. The van der Waals surface area contributed by atoms with Crippen LogP contribution in [0.4, 0.5) is 5.82 Å². The summed E-state index contributed by atoms with van der Waals surface area (Å²) in [5, 5.41) is 14.0. The predicted octanol–water partition coefficient (Wildman–Crippen LogP) is 6.73. The topological polar surface area (TPSA) is 115 Å². The van der Waals surface area contributed by atoms with Gasteiger partial charge in [0.15, 0.2) is 5.82 Å². The molecule has 2 aromatic heterocycles. The second kappa shape index (κ2) is 13.2. The van der Waals surface area contributed by atoms with Crippen LogP contribution in [0.2, 0.25) is 0 Å². The Morgan fingerprint density at radius 1 is 1.12 bits per heavy atom. The number of fused-ring (bicyclic) bond motifs is 3. The first-order chi connectivity index (χ1) is 20.3.